The lowest BCUT2D eigenvalue weighted by Crippen LogP contribution is -2.60. The number of para-hydroxylation sites is 4. The summed E-state index contributed by atoms with van der Waals surface area (Å²) < 4.78 is 75.2. The number of rotatable bonds is 40. The third kappa shape index (κ3) is 28.5. The number of methoxy groups -OCH3 is 2. The molecule has 0 saturated carbocycles. The predicted octanol–water partition coefficient (Wildman–Crippen LogP) is 4.15. The molecule has 32 nitrogen and oxygen atoms in total. The molecule has 0 fully saturated rings. The first-order chi connectivity index (χ1) is 54.6. The van der Waals surface area contributed by atoms with Crippen molar-refractivity contribution in [3.8, 4) is 11.5 Å². The third-order valence-corrected chi connectivity index (χ3v) is 17.5. The summed E-state index contributed by atoms with van der Waals surface area (Å²) in [7, 11) is 2.08. The van der Waals surface area contributed by atoms with E-state index in [1.807, 2.05) is 24.3 Å². The lowest BCUT2D eigenvalue weighted by Gasteiger charge is -2.28. The van der Waals surface area contributed by atoms with Crippen molar-refractivity contribution in [2.24, 2.45) is 23.7 Å². The molecule has 2 unspecified atom stereocenters. The average Bonchev–Trinajstić information content (AvgIpc) is 0.836. The number of esters is 2. The van der Waals surface area contributed by atoms with Crippen LogP contribution in [0, 0.1) is 46.9 Å². The molecule has 2 heterocycles. The number of pyridine rings is 2. The van der Waals surface area contributed by atoms with Crippen LogP contribution in [0.5, 0.6) is 11.5 Å². The Balaban J connectivity index is 0.000000414. The van der Waals surface area contributed by atoms with Crippen molar-refractivity contribution in [1.29, 1.82) is 0 Å². The monoisotopic (exact) mass is 1620 g/mol. The number of hydrogen-bond acceptors (Lipinski definition) is 22. The summed E-state index contributed by atoms with van der Waals surface area (Å²) in [5, 5.41) is 26.4. The highest BCUT2D eigenvalue weighted by molar-refractivity contribution is 6.03. The highest BCUT2D eigenvalue weighted by Crippen LogP contribution is 2.24. The zero-order chi connectivity index (χ0) is 86.5. The number of Topliss-reactive ketones (excluding diaryl/α,β-unsaturated/α-hetero) is 4. The van der Waals surface area contributed by atoms with E-state index in [2.05, 4.69) is 72.6 Å². The number of ketones is 4. The van der Waals surface area contributed by atoms with E-state index in [4.69, 9.17) is 9.47 Å². The van der Waals surface area contributed by atoms with Crippen LogP contribution in [0.1, 0.15) is 130 Å². The standard InChI is InChI=1S/2C40H48F2N6O10/c2*1-20(2)33(39(55)43-23(6)36(52)45-29(18-32(51)57-7)31(50)19-58-35-25(41)12-10-13-26(35)42)48-38(54)30(17-22(5)49)46-40(56)34(21(3)4)47-37(53)28-16-15-24-11-8-9-14-27(24)44-28/h2*8-16,20-21,23,29-30,33-34H,17-19H2,1-7H3,(H,43,55)(H,45,52)(H,46,56)(H,47,53)(H,48,54)/t2*23-,29?,30-,33-,34-/m00/s1. The maximum Gasteiger partial charge on any atom is 0.308 e. The number of fused-ring (bicyclic) bond motifs is 2. The summed E-state index contributed by atoms with van der Waals surface area (Å²) >= 11 is 0. The zero-order valence-electron chi connectivity index (χ0n) is 66.3. The predicted molar refractivity (Wildman–Crippen MR) is 410 cm³/mol. The quantitative estimate of drug-likeness (QED) is 0.0191. The molecule has 4 aromatic carbocycles. The van der Waals surface area contributed by atoms with Crippen LogP contribution in [-0.4, -0.2) is 192 Å². The van der Waals surface area contributed by atoms with E-state index < -0.39 is 252 Å². The first-order valence-corrected chi connectivity index (χ1v) is 36.7. The summed E-state index contributed by atoms with van der Waals surface area (Å²) in [5.74, 6) is -21.1. The van der Waals surface area contributed by atoms with Gasteiger partial charge in [0.2, 0.25) is 47.3 Å². The second-order valence-corrected chi connectivity index (χ2v) is 28.3. The zero-order valence-corrected chi connectivity index (χ0v) is 66.3. The van der Waals surface area contributed by atoms with Crippen molar-refractivity contribution in [2.75, 3.05) is 27.4 Å². The Morgan fingerprint density at radius 3 is 0.922 bits per heavy atom. The van der Waals surface area contributed by atoms with Gasteiger partial charge in [0.1, 0.15) is 96.6 Å². The fourth-order valence-electron chi connectivity index (χ4n) is 11.0. The smallest absolute Gasteiger partial charge is 0.308 e. The van der Waals surface area contributed by atoms with Crippen LogP contribution in [0.25, 0.3) is 21.8 Å². The van der Waals surface area contributed by atoms with Crippen LogP contribution in [0.2, 0.25) is 0 Å². The molecule has 0 saturated heterocycles. The van der Waals surface area contributed by atoms with Crippen LogP contribution in [0.4, 0.5) is 17.6 Å². The Morgan fingerprint density at radius 2 is 0.621 bits per heavy atom. The molecule has 0 bridgehead atoms. The van der Waals surface area contributed by atoms with Gasteiger partial charge in [-0.25, -0.2) is 27.5 Å². The van der Waals surface area contributed by atoms with Crippen LogP contribution in [0.15, 0.2) is 109 Å². The molecule has 6 aromatic rings. The van der Waals surface area contributed by atoms with Crippen LogP contribution in [-0.2, 0) is 76.6 Å². The number of halogens is 4. The lowest BCUT2D eigenvalue weighted by atomic mass is 10.00. The van der Waals surface area contributed by atoms with E-state index in [1.54, 1.807) is 91.8 Å². The maximum atomic E-state index is 14.0. The van der Waals surface area contributed by atoms with E-state index >= 15 is 0 Å². The molecule has 0 aliphatic rings. The molecule has 6 rings (SSSR count). The normalized spacial score (nSPS) is 13.6. The second kappa shape index (κ2) is 44.7. The molecule has 624 valence electrons. The number of nitrogens with one attached hydrogen (secondary N) is 10. The topological polar surface area (TPSA) is 456 Å². The Labute approximate surface area is 665 Å². The van der Waals surface area contributed by atoms with Gasteiger partial charge in [-0.05, 0) is 99.9 Å². The van der Waals surface area contributed by atoms with Crippen molar-refractivity contribution < 1.29 is 113 Å². The summed E-state index contributed by atoms with van der Waals surface area (Å²) in [5.41, 5.74) is 1.25. The van der Waals surface area contributed by atoms with Crippen molar-refractivity contribution in [1.82, 2.24) is 63.1 Å². The van der Waals surface area contributed by atoms with E-state index in [0.717, 1.165) is 61.4 Å². The Kier molecular flexibility index (Phi) is 36.2. The minimum Gasteiger partial charge on any atom is -0.480 e. The van der Waals surface area contributed by atoms with E-state index in [9.17, 15) is 94.3 Å². The molecule has 36 heteroatoms. The maximum absolute atomic E-state index is 14.0. The van der Waals surface area contributed by atoms with Gasteiger partial charge in [0, 0.05) is 23.6 Å². The Bertz CT molecular complexity index is 4300. The van der Waals surface area contributed by atoms with Gasteiger partial charge in [0.05, 0.1) is 38.1 Å². The van der Waals surface area contributed by atoms with Crippen LogP contribution < -0.4 is 62.6 Å². The molecule has 0 aliphatic heterocycles. The molecule has 0 radical (unpaired) electrons. The molecule has 10 N–H and O–H groups in total. The van der Waals surface area contributed by atoms with Gasteiger partial charge in [-0.3, -0.25) is 76.7 Å². The molecule has 2 aromatic heterocycles. The molecule has 116 heavy (non-hydrogen) atoms. The fraction of sp³-hybridized carbons (Fsp3) is 0.425. The molecule has 10 amide bonds. The van der Waals surface area contributed by atoms with E-state index in [0.29, 0.717) is 11.0 Å². The van der Waals surface area contributed by atoms with Crippen molar-refractivity contribution >= 4 is 116 Å². The van der Waals surface area contributed by atoms with Gasteiger partial charge in [-0.2, -0.15) is 0 Å². The van der Waals surface area contributed by atoms with Crippen molar-refractivity contribution in [3.05, 3.63) is 144 Å². The minimum atomic E-state index is -1.59. The SMILES string of the molecule is COC(=O)CC(NC(=O)[C@H](C)NC(=O)[C@@H](NC(=O)[C@H](CC(C)=O)NC(=O)[C@@H](NC(=O)c1ccc2ccccc2n1)C(C)C)C(C)C)C(=O)COc1c(F)cccc1F.COC(=O)CC(NC(=O)[C@H](C)NC(=O)[C@@H](NC(=O)[C@H](CC(C)=O)NC(=O)[C@@H](NC(=O)c1ccc2ccccc2n1)C(C)C)C(C)C)C(=O)COc1c(F)cccc1F. The van der Waals surface area contributed by atoms with E-state index in [-0.39, 0.29) is 11.4 Å². The minimum absolute atomic E-state index is 0.0555. The second-order valence-electron chi connectivity index (χ2n) is 28.3. The highest BCUT2D eigenvalue weighted by Gasteiger charge is 2.38. The molecule has 0 spiro atoms. The van der Waals surface area contributed by atoms with Crippen LogP contribution >= 0.6 is 0 Å². The molecular formula is C80H96F4N12O20. The van der Waals surface area contributed by atoms with Crippen molar-refractivity contribution in [3.63, 3.8) is 0 Å². The molecular weight excluding hydrogens is 1520 g/mol. The number of benzene rings is 4. The van der Waals surface area contributed by atoms with Crippen molar-refractivity contribution in [2.45, 2.75) is 169 Å². The number of hydrogen-bond donors (Lipinski definition) is 10. The van der Waals surface area contributed by atoms with Gasteiger partial charge in [0.15, 0.2) is 46.3 Å². The van der Waals surface area contributed by atoms with Crippen LogP contribution in [0.3, 0.4) is 0 Å². The number of carbonyl (C=O) groups is 16. The summed E-state index contributed by atoms with van der Waals surface area (Å²) in [6, 6.07) is 12.7. The van der Waals surface area contributed by atoms with E-state index in [1.165, 1.54) is 39.8 Å². The summed E-state index contributed by atoms with van der Waals surface area (Å²) in [6.07, 6.45) is -2.28. The molecule has 10 atom stereocenters. The largest absolute Gasteiger partial charge is 0.480 e. The number of nitrogens with zero attached hydrogens (tertiary/aromatic N) is 2. The number of ether oxygens (including phenoxy) is 4. The summed E-state index contributed by atoms with van der Waals surface area (Å²) in [6.45, 7) is 16.1. The highest BCUT2D eigenvalue weighted by atomic mass is 19.1. The molecule has 0 aliphatic carbocycles. The first kappa shape index (κ1) is 93.9. The fourth-order valence-corrected chi connectivity index (χ4v) is 11.0. The van der Waals surface area contributed by atoms with Gasteiger partial charge in [-0.1, -0.05) is 116 Å². The number of amides is 10. The summed E-state index contributed by atoms with van der Waals surface area (Å²) in [4.78, 5) is 217. The van der Waals surface area contributed by atoms with Gasteiger partial charge in [0.25, 0.3) is 11.8 Å². The number of aromatic nitrogens is 2. The lowest BCUT2D eigenvalue weighted by molar-refractivity contribution is -0.144. The number of carbonyl (C=O) groups excluding carboxylic acids is 16. The average molecular weight is 1620 g/mol. The van der Waals surface area contributed by atoms with Gasteiger partial charge in [-0.15, -0.1) is 0 Å². The Morgan fingerprint density at radius 1 is 0.328 bits per heavy atom. The first-order valence-electron chi connectivity index (χ1n) is 36.7. The Hall–Kier alpha value is -12.7. The third-order valence-electron chi connectivity index (χ3n) is 17.5. The van der Waals surface area contributed by atoms with Gasteiger partial charge < -0.3 is 72.1 Å². The van der Waals surface area contributed by atoms with Gasteiger partial charge >= 0.3 is 11.9 Å².